The minimum absolute atomic E-state index is 0.0713. The van der Waals surface area contributed by atoms with E-state index < -0.39 is 73.5 Å². The molecule has 230 valence electrons. The van der Waals surface area contributed by atoms with Gasteiger partial charge in [0.05, 0.1) is 0 Å². The fourth-order valence-corrected chi connectivity index (χ4v) is 5.49. The second-order valence-corrected chi connectivity index (χ2v) is 10.9. The molecular weight excluding hydrogens is 648 g/mol. The number of carbonyl (C=O) groups is 5. The van der Waals surface area contributed by atoms with Crippen LogP contribution < -0.4 is 0 Å². The molecule has 0 heterocycles. The Morgan fingerprint density at radius 2 is 0.844 bits per heavy atom. The van der Waals surface area contributed by atoms with Crippen molar-refractivity contribution >= 4 is 43.8 Å². The van der Waals surface area contributed by atoms with E-state index in [1.54, 1.807) is 6.07 Å². The fourth-order valence-electron chi connectivity index (χ4n) is 5.03. The van der Waals surface area contributed by atoms with Crippen molar-refractivity contribution < 1.29 is 49.5 Å². The zero-order chi connectivity index (χ0) is 33.0. The summed E-state index contributed by atoms with van der Waals surface area (Å²) in [6, 6.07) is 25.9. The number of benzene rings is 4. The Morgan fingerprint density at radius 3 is 1.22 bits per heavy atom. The third kappa shape index (κ3) is 5.61. The van der Waals surface area contributed by atoms with Crippen LogP contribution in [0.5, 0.6) is 0 Å². The maximum Gasteiger partial charge on any atom is 0.241 e. The molecule has 4 rings (SSSR count). The largest absolute Gasteiger partial charge is 0.385 e. The summed E-state index contributed by atoms with van der Waals surface area (Å²) in [5.74, 6) is -7.34. The lowest BCUT2D eigenvalue weighted by Gasteiger charge is -2.47. The Labute approximate surface area is 265 Å². The number of hydrogen-bond donors (Lipinski definition) is 5. The number of rotatable bonds is 13. The van der Waals surface area contributed by atoms with Gasteiger partial charge in [-0.25, -0.2) is 0 Å². The van der Waals surface area contributed by atoms with Crippen molar-refractivity contribution in [3.63, 3.8) is 0 Å². The molecule has 5 atom stereocenters. The molecule has 0 bridgehead atoms. The second kappa shape index (κ2) is 13.2. The molecule has 0 radical (unpaired) electrons. The molecule has 0 aliphatic heterocycles. The van der Waals surface area contributed by atoms with Gasteiger partial charge < -0.3 is 25.5 Å². The normalized spacial score (nSPS) is 16.6. The average molecular weight is 675 g/mol. The highest BCUT2D eigenvalue weighted by molar-refractivity contribution is 9.18. The van der Waals surface area contributed by atoms with Crippen LogP contribution in [0.15, 0.2) is 121 Å². The van der Waals surface area contributed by atoms with Crippen molar-refractivity contribution in [1.29, 1.82) is 0 Å². The van der Waals surface area contributed by atoms with E-state index in [2.05, 4.69) is 15.9 Å². The van der Waals surface area contributed by atoms with Crippen molar-refractivity contribution in [3.8, 4) is 0 Å². The standard InChI is InChI=1S/C34H27BrO10/c35-31(42)33(44,28(39)23-17-9-3-10-18-23)34(45,29(40)24-19-11-4-12-20-24)32(43,27(38)22-15-7-2-8-16-22)30(41)26(37)25(36)21-13-5-1-6-14-21/h1-20,25-26,36-37,43-45H/t25?,26?,32-,33-,34+/m1/s1. The smallest absolute Gasteiger partial charge is 0.241 e. The van der Waals surface area contributed by atoms with Crippen molar-refractivity contribution in [2.45, 2.75) is 29.0 Å². The van der Waals surface area contributed by atoms with Crippen molar-refractivity contribution in [1.82, 2.24) is 0 Å². The number of halogens is 1. The summed E-state index contributed by atoms with van der Waals surface area (Å²) in [6.07, 6.45) is -4.90. The molecule has 0 aliphatic carbocycles. The highest BCUT2D eigenvalue weighted by Crippen LogP contribution is 2.44. The summed E-state index contributed by atoms with van der Waals surface area (Å²) < 4.78 is -1.80. The number of ketones is 4. The molecule has 0 spiro atoms. The van der Waals surface area contributed by atoms with Gasteiger partial charge >= 0.3 is 0 Å². The third-order valence-corrected chi connectivity index (χ3v) is 8.06. The molecule has 0 aromatic heterocycles. The van der Waals surface area contributed by atoms with Crippen molar-refractivity contribution in [2.75, 3.05) is 0 Å². The maximum atomic E-state index is 14.4. The molecular formula is C34H27BrO10. The van der Waals surface area contributed by atoms with Crippen LogP contribution in [0.3, 0.4) is 0 Å². The molecule has 11 heteroatoms. The average Bonchev–Trinajstić information content (AvgIpc) is 3.09. The molecule has 0 aliphatic rings. The third-order valence-electron chi connectivity index (χ3n) is 7.49. The lowest BCUT2D eigenvalue weighted by atomic mass is 9.60. The number of carbonyl (C=O) groups excluding carboxylic acids is 5. The summed E-state index contributed by atoms with van der Waals surface area (Å²) in [6.45, 7) is 0. The van der Waals surface area contributed by atoms with Gasteiger partial charge in [0.25, 0.3) is 0 Å². The van der Waals surface area contributed by atoms with E-state index in [-0.39, 0.29) is 5.56 Å². The first-order valence-electron chi connectivity index (χ1n) is 13.5. The maximum absolute atomic E-state index is 14.4. The Morgan fingerprint density at radius 1 is 0.511 bits per heavy atom. The lowest BCUT2D eigenvalue weighted by molar-refractivity contribution is -0.193. The van der Waals surface area contributed by atoms with Crippen molar-refractivity contribution in [3.05, 3.63) is 144 Å². The van der Waals surface area contributed by atoms with Crippen LogP contribution >= 0.6 is 15.9 Å². The van der Waals surface area contributed by atoms with Crippen LogP contribution in [-0.4, -0.2) is 76.3 Å². The highest BCUT2D eigenvalue weighted by Gasteiger charge is 2.78. The van der Waals surface area contributed by atoms with E-state index in [1.165, 1.54) is 78.9 Å². The van der Waals surface area contributed by atoms with E-state index >= 15 is 0 Å². The van der Waals surface area contributed by atoms with Gasteiger partial charge in [-0.05, 0) is 21.5 Å². The van der Waals surface area contributed by atoms with E-state index in [1.807, 2.05) is 0 Å². The lowest BCUT2D eigenvalue weighted by Crippen LogP contribution is -2.81. The highest BCUT2D eigenvalue weighted by atomic mass is 79.9. The zero-order valence-electron chi connectivity index (χ0n) is 23.4. The van der Waals surface area contributed by atoms with Crippen LogP contribution in [0.25, 0.3) is 0 Å². The van der Waals surface area contributed by atoms with Crippen LogP contribution in [-0.2, 0) is 9.59 Å². The van der Waals surface area contributed by atoms with Crippen molar-refractivity contribution in [2.24, 2.45) is 0 Å². The summed E-state index contributed by atoms with van der Waals surface area (Å²) in [5, 5.41) is 59.0. The first-order chi connectivity index (χ1) is 21.3. The fraction of sp³-hybridized carbons (Fsp3) is 0.147. The monoisotopic (exact) mass is 674 g/mol. The summed E-state index contributed by atoms with van der Waals surface area (Å²) in [7, 11) is 0. The van der Waals surface area contributed by atoms with E-state index in [9.17, 15) is 49.5 Å². The van der Waals surface area contributed by atoms with E-state index in [0.717, 1.165) is 36.4 Å². The Kier molecular flexibility index (Phi) is 9.83. The minimum Gasteiger partial charge on any atom is -0.385 e. The summed E-state index contributed by atoms with van der Waals surface area (Å²) in [5.41, 5.74) is -14.3. The topological polar surface area (TPSA) is 186 Å². The zero-order valence-corrected chi connectivity index (χ0v) is 24.9. The Bertz CT molecular complexity index is 1720. The van der Waals surface area contributed by atoms with Crippen LogP contribution in [0.1, 0.15) is 42.7 Å². The van der Waals surface area contributed by atoms with Gasteiger partial charge in [0.1, 0.15) is 12.2 Å². The predicted molar refractivity (Wildman–Crippen MR) is 164 cm³/mol. The molecule has 0 saturated carbocycles. The van der Waals surface area contributed by atoms with Crippen LogP contribution in [0, 0.1) is 0 Å². The SMILES string of the molecule is O=C(Br)[C@](O)(C(=O)c1ccccc1)[C@](O)(C(=O)c1ccccc1)[C@@](O)(C(=O)c1ccccc1)C(=O)C(O)C(O)c1ccccc1. The van der Waals surface area contributed by atoms with Gasteiger partial charge in [0.2, 0.25) is 44.6 Å². The van der Waals surface area contributed by atoms with Gasteiger partial charge in [0.15, 0.2) is 0 Å². The van der Waals surface area contributed by atoms with Crippen LogP contribution in [0.4, 0.5) is 0 Å². The minimum atomic E-state index is -4.36. The first-order valence-corrected chi connectivity index (χ1v) is 14.2. The quantitative estimate of drug-likeness (QED) is 0.0801. The molecule has 2 unspecified atom stereocenters. The van der Waals surface area contributed by atoms with Gasteiger partial charge in [-0.2, -0.15) is 0 Å². The number of Topliss-reactive ketones (excluding diaryl/α,β-unsaturated/α-hetero) is 4. The summed E-state index contributed by atoms with van der Waals surface area (Å²) >= 11 is 2.45. The predicted octanol–water partition coefficient (Wildman–Crippen LogP) is 2.41. The number of aliphatic hydroxyl groups excluding tert-OH is 2. The number of hydrogen-bond acceptors (Lipinski definition) is 10. The molecule has 0 amide bonds. The molecule has 4 aromatic carbocycles. The molecule has 4 aromatic rings. The Balaban J connectivity index is 2.10. The number of aliphatic hydroxyl groups is 5. The Hall–Kier alpha value is -4.49. The summed E-state index contributed by atoms with van der Waals surface area (Å²) in [4.78, 5) is 70.2. The van der Waals surface area contributed by atoms with Gasteiger partial charge in [-0.1, -0.05) is 121 Å². The van der Waals surface area contributed by atoms with E-state index in [0.29, 0.717) is 0 Å². The molecule has 10 nitrogen and oxygen atoms in total. The van der Waals surface area contributed by atoms with Gasteiger partial charge in [0, 0.05) is 16.7 Å². The van der Waals surface area contributed by atoms with E-state index in [4.69, 9.17) is 0 Å². The van der Waals surface area contributed by atoms with Gasteiger partial charge in [-0.15, -0.1) is 0 Å². The molecule has 45 heavy (non-hydrogen) atoms. The molecule has 0 fully saturated rings. The second-order valence-electron chi connectivity index (χ2n) is 10.2. The first kappa shape index (κ1) is 33.4. The molecule has 5 N–H and O–H groups in total. The van der Waals surface area contributed by atoms with Gasteiger partial charge in [-0.3, -0.25) is 24.0 Å². The van der Waals surface area contributed by atoms with Crippen LogP contribution in [0.2, 0.25) is 0 Å². The molecule has 0 saturated heterocycles.